The van der Waals surface area contributed by atoms with E-state index in [0.717, 1.165) is 15.8 Å². The topological polar surface area (TPSA) is 33.0 Å². The van der Waals surface area contributed by atoms with Gasteiger partial charge in [-0.2, -0.15) is 5.26 Å². The molecule has 0 aliphatic carbocycles. The zero-order valence-electron chi connectivity index (χ0n) is 10.2. The summed E-state index contributed by atoms with van der Waals surface area (Å²) in [4.78, 5) is 0. The molecule has 0 spiro atoms. The number of hydrogen-bond donors (Lipinski definition) is 0. The van der Waals surface area contributed by atoms with E-state index in [1.807, 2.05) is 19.1 Å². The van der Waals surface area contributed by atoms with Crippen LogP contribution >= 0.6 is 15.9 Å². The van der Waals surface area contributed by atoms with Gasteiger partial charge in [0.2, 0.25) is 0 Å². The molecule has 18 heavy (non-hydrogen) atoms. The lowest BCUT2D eigenvalue weighted by molar-refractivity contribution is 0.478. The molecule has 0 radical (unpaired) electrons. The summed E-state index contributed by atoms with van der Waals surface area (Å²) in [7, 11) is 0. The van der Waals surface area contributed by atoms with Crippen LogP contribution in [0.25, 0.3) is 0 Å². The fraction of sp³-hybridized carbons (Fsp3) is 0.133. The minimum Gasteiger partial charge on any atom is -0.457 e. The molecule has 2 nitrogen and oxygen atoms in total. The van der Waals surface area contributed by atoms with Gasteiger partial charge in [-0.15, -0.1) is 0 Å². The monoisotopic (exact) mass is 301 g/mol. The molecule has 2 rings (SSSR count). The van der Waals surface area contributed by atoms with Gasteiger partial charge in [-0.3, -0.25) is 0 Å². The Labute approximate surface area is 115 Å². The van der Waals surface area contributed by atoms with Crippen LogP contribution in [0.4, 0.5) is 0 Å². The van der Waals surface area contributed by atoms with E-state index in [4.69, 9.17) is 10.00 Å². The molecule has 0 aromatic heterocycles. The Bertz CT molecular complexity index is 629. The third-order valence-electron chi connectivity index (χ3n) is 2.62. The maximum Gasteiger partial charge on any atom is 0.130 e. The van der Waals surface area contributed by atoms with Crippen molar-refractivity contribution in [3.05, 3.63) is 57.6 Å². The molecule has 0 fully saturated rings. The van der Waals surface area contributed by atoms with Gasteiger partial charge in [-0.1, -0.05) is 17.7 Å². The Hall–Kier alpha value is -1.79. The SMILES string of the molecule is Cc1ccc(Oc2ccc(C#N)c(Br)c2)c(C)c1. The van der Waals surface area contributed by atoms with Crippen LogP contribution in [0, 0.1) is 25.2 Å². The normalized spacial score (nSPS) is 9.89. The quantitative estimate of drug-likeness (QED) is 0.803. The van der Waals surface area contributed by atoms with Gasteiger partial charge in [0.1, 0.15) is 17.6 Å². The van der Waals surface area contributed by atoms with E-state index in [2.05, 4.69) is 35.0 Å². The van der Waals surface area contributed by atoms with E-state index < -0.39 is 0 Å². The largest absolute Gasteiger partial charge is 0.457 e. The van der Waals surface area contributed by atoms with Gasteiger partial charge in [-0.05, 0) is 59.6 Å². The van der Waals surface area contributed by atoms with Crippen molar-refractivity contribution in [1.82, 2.24) is 0 Å². The fourth-order valence-electron chi connectivity index (χ4n) is 1.69. The Morgan fingerprint density at radius 2 is 1.89 bits per heavy atom. The van der Waals surface area contributed by atoms with Crippen molar-refractivity contribution in [3.63, 3.8) is 0 Å². The van der Waals surface area contributed by atoms with Crippen molar-refractivity contribution >= 4 is 15.9 Å². The second-order valence-corrected chi connectivity index (χ2v) is 4.98. The predicted octanol–water partition coefficient (Wildman–Crippen LogP) is 4.73. The maximum atomic E-state index is 8.85. The summed E-state index contributed by atoms with van der Waals surface area (Å²) >= 11 is 3.35. The number of halogens is 1. The Morgan fingerprint density at radius 1 is 1.11 bits per heavy atom. The van der Waals surface area contributed by atoms with E-state index in [1.54, 1.807) is 18.2 Å². The molecule has 0 atom stereocenters. The standard InChI is InChI=1S/C15H12BrNO/c1-10-3-6-15(11(2)7-10)18-13-5-4-12(9-17)14(16)8-13/h3-8H,1-2H3. The minimum absolute atomic E-state index is 0.600. The number of rotatable bonds is 2. The Kier molecular flexibility index (Phi) is 3.69. The first-order valence-electron chi connectivity index (χ1n) is 5.55. The van der Waals surface area contributed by atoms with Crippen LogP contribution in [-0.4, -0.2) is 0 Å². The van der Waals surface area contributed by atoms with Crippen molar-refractivity contribution in [2.75, 3.05) is 0 Å². The first-order chi connectivity index (χ1) is 8.60. The van der Waals surface area contributed by atoms with Gasteiger partial charge in [-0.25, -0.2) is 0 Å². The molecule has 0 saturated carbocycles. The highest BCUT2D eigenvalue weighted by molar-refractivity contribution is 9.10. The molecule has 0 aliphatic heterocycles. The van der Waals surface area contributed by atoms with Crippen LogP contribution in [-0.2, 0) is 0 Å². The summed E-state index contributed by atoms with van der Waals surface area (Å²) in [5, 5.41) is 8.85. The summed E-state index contributed by atoms with van der Waals surface area (Å²) < 4.78 is 6.55. The molecule has 0 unspecified atom stereocenters. The van der Waals surface area contributed by atoms with Crippen molar-refractivity contribution in [2.24, 2.45) is 0 Å². The number of benzene rings is 2. The van der Waals surface area contributed by atoms with Crippen molar-refractivity contribution in [1.29, 1.82) is 5.26 Å². The predicted molar refractivity (Wildman–Crippen MR) is 74.8 cm³/mol. The van der Waals surface area contributed by atoms with E-state index >= 15 is 0 Å². The first-order valence-corrected chi connectivity index (χ1v) is 6.34. The van der Waals surface area contributed by atoms with E-state index in [0.29, 0.717) is 11.3 Å². The third-order valence-corrected chi connectivity index (χ3v) is 3.28. The summed E-state index contributed by atoms with van der Waals surface area (Å²) in [5.41, 5.74) is 2.90. The van der Waals surface area contributed by atoms with Crippen LogP contribution in [0.5, 0.6) is 11.5 Å². The summed E-state index contributed by atoms with van der Waals surface area (Å²) in [6, 6.07) is 13.5. The maximum absolute atomic E-state index is 8.85. The molecular weight excluding hydrogens is 290 g/mol. The molecule has 0 saturated heterocycles. The summed E-state index contributed by atoms with van der Waals surface area (Å²) in [6.07, 6.45) is 0. The molecule has 0 heterocycles. The zero-order chi connectivity index (χ0) is 13.1. The average molecular weight is 302 g/mol. The zero-order valence-corrected chi connectivity index (χ0v) is 11.8. The highest BCUT2D eigenvalue weighted by Gasteiger charge is 2.04. The molecule has 2 aromatic rings. The molecule has 0 N–H and O–H groups in total. The number of nitriles is 1. The van der Waals surface area contributed by atoms with Crippen LogP contribution in [0.15, 0.2) is 40.9 Å². The molecule has 0 aliphatic rings. The molecule has 3 heteroatoms. The van der Waals surface area contributed by atoms with Crippen LogP contribution in [0.2, 0.25) is 0 Å². The van der Waals surface area contributed by atoms with E-state index in [-0.39, 0.29) is 0 Å². The van der Waals surface area contributed by atoms with Crippen molar-refractivity contribution < 1.29 is 4.74 Å². The van der Waals surface area contributed by atoms with Gasteiger partial charge >= 0.3 is 0 Å². The highest BCUT2D eigenvalue weighted by atomic mass is 79.9. The van der Waals surface area contributed by atoms with Crippen LogP contribution < -0.4 is 4.74 Å². The summed E-state index contributed by atoms with van der Waals surface area (Å²) in [5.74, 6) is 1.55. The van der Waals surface area contributed by atoms with Crippen molar-refractivity contribution in [3.8, 4) is 17.6 Å². The second-order valence-electron chi connectivity index (χ2n) is 4.12. The van der Waals surface area contributed by atoms with Crippen LogP contribution in [0.1, 0.15) is 16.7 Å². The lowest BCUT2D eigenvalue weighted by Gasteiger charge is -2.10. The molecule has 2 aromatic carbocycles. The second kappa shape index (κ2) is 5.24. The minimum atomic E-state index is 0.600. The summed E-state index contributed by atoms with van der Waals surface area (Å²) in [6.45, 7) is 4.07. The number of nitrogens with zero attached hydrogens (tertiary/aromatic N) is 1. The first kappa shape index (κ1) is 12.7. The van der Waals surface area contributed by atoms with Gasteiger partial charge in [0.15, 0.2) is 0 Å². The van der Waals surface area contributed by atoms with Crippen molar-refractivity contribution in [2.45, 2.75) is 13.8 Å². The molecule has 0 bridgehead atoms. The van der Waals surface area contributed by atoms with Gasteiger partial charge in [0, 0.05) is 4.47 Å². The van der Waals surface area contributed by atoms with Crippen LogP contribution in [0.3, 0.4) is 0 Å². The van der Waals surface area contributed by atoms with Gasteiger partial charge < -0.3 is 4.74 Å². The number of hydrogen-bond acceptors (Lipinski definition) is 2. The highest BCUT2D eigenvalue weighted by Crippen LogP contribution is 2.29. The third kappa shape index (κ3) is 2.72. The molecular formula is C15H12BrNO. The molecule has 0 amide bonds. The smallest absolute Gasteiger partial charge is 0.130 e. The van der Waals surface area contributed by atoms with Gasteiger partial charge in [0.25, 0.3) is 0 Å². The number of aryl methyl sites for hydroxylation is 2. The average Bonchev–Trinajstić information content (AvgIpc) is 2.33. The van der Waals surface area contributed by atoms with Gasteiger partial charge in [0.05, 0.1) is 5.56 Å². The number of ether oxygens (including phenoxy) is 1. The Morgan fingerprint density at radius 3 is 2.50 bits per heavy atom. The fourth-order valence-corrected chi connectivity index (χ4v) is 2.14. The lowest BCUT2D eigenvalue weighted by Crippen LogP contribution is -1.89. The lowest BCUT2D eigenvalue weighted by atomic mass is 10.1. The molecule has 90 valence electrons. The van der Waals surface area contributed by atoms with E-state index in [9.17, 15) is 0 Å². The Balaban J connectivity index is 2.29. The van der Waals surface area contributed by atoms with E-state index in [1.165, 1.54) is 5.56 Å².